The zero-order valence-electron chi connectivity index (χ0n) is 14.0. The maximum absolute atomic E-state index is 13.0. The third-order valence-electron chi connectivity index (χ3n) is 4.56. The number of carboxylic acids is 1. The van der Waals surface area contributed by atoms with E-state index in [9.17, 15) is 14.0 Å². The van der Waals surface area contributed by atoms with E-state index in [0.29, 0.717) is 37.3 Å². The maximum Gasteiger partial charge on any atom is 0.303 e. The molecule has 0 saturated carbocycles. The van der Waals surface area contributed by atoms with Gasteiger partial charge in [-0.3, -0.25) is 9.59 Å². The van der Waals surface area contributed by atoms with Crippen molar-refractivity contribution >= 4 is 11.9 Å². The van der Waals surface area contributed by atoms with Gasteiger partial charge in [0.1, 0.15) is 5.82 Å². The highest BCUT2D eigenvalue weighted by Gasteiger charge is 2.27. The largest absolute Gasteiger partial charge is 0.481 e. The molecule has 1 aromatic carbocycles. The number of aryl methyl sites for hydroxylation is 1. The second-order valence-corrected chi connectivity index (χ2v) is 6.42. The van der Waals surface area contributed by atoms with Crippen LogP contribution in [0.15, 0.2) is 30.5 Å². The second-order valence-electron chi connectivity index (χ2n) is 6.42. The van der Waals surface area contributed by atoms with Crippen molar-refractivity contribution in [3.63, 3.8) is 0 Å². The van der Waals surface area contributed by atoms with Gasteiger partial charge >= 0.3 is 5.97 Å². The second kappa shape index (κ2) is 7.04. The van der Waals surface area contributed by atoms with E-state index in [1.165, 1.54) is 12.1 Å². The molecule has 25 heavy (non-hydrogen) atoms. The average molecular weight is 345 g/mol. The zero-order chi connectivity index (χ0) is 18.0. The highest BCUT2D eigenvalue weighted by atomic mass is 19.1. The number of halogens is 1. The maximum atomic E-state index is 13.0. The first kappa shape index (κ1) is 17.1. The van der Waals surface area contributed by atoms with Crippen molar-refractivity contribution < 1.29 is 19.1 Å². The fourth-order valence-electron chi connectivity index (χ4n) is 3.13. The van der Waals surface area contributed by atoms with Crippen molar-refractivity contribution in [1.82, 2.24) is 14.7 Å². The number of carbonyl (C=O) groups is 2. The van der Waals surface area contributed by atoms with E-state index in [-0.39, 0.29) is 24.1 Å². The van der Waals surface area contributed by atoms with Gasteiger partial charge < -0.3 is 10.0 Å². The number of hydrogen-bond donors (Lipinski definition) is 1. The molecule has 0 bridgehead atoms. The number of aromatic nitrogens is 2. The van der Waals surface area contributed by atoms with Crippen molar-refractivity contribution in [2.75, 3.05) is 13.1 Å². The van der Waals surface area contributed by atoms with E-state index < -0.39 is 5.97 Å². The summed E-state index contributed by atoms with van der Waals surface area (Å²) >= 11 is 0. The number of amides is 1. The first-order chi connectivity index (χ1) is 11.9. The molecule has 1 aromatic heterocycles. The number of aliphatic carboxylic acids is 1. The molecule has 1 aliphatic heterocycles. The van der Waals surface area contributed by atoms with Gasteiger partial charge in [-0.05, 0) is 49.9 Å². The summed E-state index contributed by atoms with van der Waals surface area (Å²) in [5.74, 6) is -1.14. The molecule has 0 spiro atoms. The third kappa shape index (κ3) is 3.87. The monoisotopic (exact) mass is 345 g/mol. The standard InChI is InChI=1S/C18H20FN3O3/c1-12-11-22(15-4-2-14(19)3-5-15)20-17(12)18(25)21-8-6-13(7-9-21)10-16(23)24/h2-5,11,13H,6-10H2,1H3,(H,23,24). The van der Waals surface area contributed by atoms with E-state index >= 15 is 0 Å². The van der Waals surface area contributed by atoms with Gasteiger partial charge in [-0.1, -0.05) is 0 Å². The number of piperidine rings is 1. The average Bonchev–Trinajstić information content (AvgIpc) is 2.97. The van der Waals surface area contributed by atoms with Crippen LogP contribution in [0.5, 0.6) is 0 Å². The smallest absolute Gasteiger partial charge is 0.303 e. The number of rotatable bonds is 4. The lowest BCUT2D eigenvalue weighted by Gasteiger charge is -2.31. The molecular formula is C18H20FN3O3. The van der Waals surface area contributed by atoms with E-state index in [1.54, 1.807) is 27.9 Å². The Morgan fingerprint density at radius 3 is 2.48 bits per heavy atom. The Kier molecular flexibility index (Phi) is 4.83. The lowest BCUT2D eigenvalue weighted by atomic mass is 9.93. The van der Waals surface area contributed by atoms with Gasteiger partial charge in [0, 0.05) is 31.3 Å². The highest BCUT2D eigenvalue weighted by molar-refractivity contribution is 5.93. The predicted octanol–water partition coefficient (Wildman–Crippen LogP) is 2.65. The van der Waals surface area contributed by atoms with Crippen LogP contribution in [0.25, 0.3) is 5.69 Å². The van der Waals surface area contributed by atoms with Crippen molar-refractivity contribution in [2.24, 2.45) is 5.92 Å². The minimum atomic E-state index is -0.793. The molecule has 0 radical (unpaired) electrons. The van der Waals surface area contributed by atoms with Crippen LogP contribution in [0.1, 0.15) is 35.3 Å². The Morgan fingerprint density at radius 2 is 1.88 bits per heavy atom. The van der Waals surface area contributed by atoms with Crippen LogP contribution >= 0.6 is 0 Å². The van der Waals surface area contributed by atoms with Crippen LogP contribution in [-0.2, 0) is 4.79 Å². The van der Waals surface area contributed by atoms with Gasteiger partial charge in [0.25, 0.3) is 5.91 Å². The van der Waals surface area contributed by atoms with Gasteiger partial charge in [0.05, 0.1) is 5.69 Å². The number of benzene rings is 1. The number of hydrogen-bond acceptors (Lipinski definition) is 3. The molecular weight excluding hydrogens is 325 g/mol. The molecule has 0 unspecified atom stereocenters. The van der Waals surface area contributed by atoms with Crippen LogP contribution in [-0.4, -0.2) is 44.8 Å². The number of likely N-dealkylation sites (tertiary alicyclic amines) is 1. The van der Waals surface area contributed by atoms with Crippen molar-refractivity contribution in [3.05, 3.63) is 47.5 Å². The minimum absolute atomic E-state index is 0.124. The molecule has 2 aromatic rings. The lowest BCUT2D eigenvalue weighted by Crippen LogP contribution is -2.39. The Labute approximate surface area is 144 Å². The van der Waals surface area contributed by atoms with E-state index in [0.717, 1.165) is 5.56 Å². The predicted molar refractivity (Wildman–Crippen MR) is 89.1 cm³/mol. The molecule has 1 N–H and O–H groups in total. The topological polar surface area (TPSA) is 75.4 Å². The Bertz CT molecular complexity index is 777. The lowest BCUT2D eigenvalue weighted by molar-refractivity contribution is -0.138. The summed E-state index contributed by atoms with van der Waals surface area (Å²) in [6.07, 6.45) is 3.28. The van der Waals surface area contributed by atoms with Crippen molar-refractivity contribution in [1.29, 1.82) is 0 Å². The van der Waals surface area contributed by atoms with Gasteiger partial charge in [-0.15, -0.1) is 0 Å². The molecule has 1 saturated heterocycles. The van der Waals surface area contributed by atoms with Gasteiger partial charge in [-0.2, -0.15) is 5.10 Å². The summed E-state index contributed by atoms with van der Waals surface area (Å²) in [6.45, 7) is 2.90. The summed E-state index contributed by atoms with van der Waals surface area (Å²) < 4.78 is 14.6. The van der Waals surface area contributed by atoms with Crippen LogP contribution in [0, 0.1) is 18.7 Å². The number of carbonyl (C=O) groups excluding carboxylic acids is 1. The quantitative estimate of drug-likeness (QED) is 0.924. The molecule has 0 atom stereocenters. The molecule has 2 heterocycles. The summed E-state index contributed by atoms with van der Waals surface area (Å²) in [6, 6.07) is 5.91. The normalized spacial score (nSPS) is 15.4. The Hall–Kier alpha value is -2.70. The molecule has 1 aliphatic rings. The van der Waals surface area contributed by atoms with E-state index in [4.69, 9.17) is 5.11 Å². The molecule has 7 heteroatoms. The Balaban J connectivity index is 1.71. The molecule has 132 valence electrons. The van der Waals surface area contributed by atoms with Crippen LogP contribution in [0.2, 0.25) is 0 Å². The fraction of sp³-hybridized carbons (Fsp3) is 0.389. The molecule has 3 rings (SSSR count). The fourth-order valence-corrected chi connectivity index (χ4v) is 3.13. The summed E-state index contributed by atoms with van der Waals surface area (Å²) in [4.78, 5) is 25.2. The van der Waals surface area contributed by atoms with Crippen molar-refractivity contribution in [2.45, 2.75) is 26.2 Å². The molecule has 1 amide bonds. The third-order valence-corrected chi connectivity index (χ3v) is 4.56. The zero-order valence-corrected chi connectivity index (χ0v) is 14.0. The van der Waals surface area contributed by atoms with Crippen LogP contribution < -0.4 is 0 Å². The SMILES string of the molecule is Cc1cn(-c2ccc(F)cc2)nc1C(=O)N1CCC(CC(=O)O)CC1. The number of nitrogens with zero attached hydrogens (tertiary/aromatic N) is 3. The molecule has 0 aliphatic carbocycles. The minimum Gasteiger partial charge on any atom is -0.481 e. The van der Waals surface area contributed by atoms with Gasteiger partial charge in [0.2, 0.25) is 0 Å². The first-order valence-electron chi connectivity index (χ1n) is 8.27. The Morgan fingerprint density at radius 1 is 1.24 bits per heavy atom. The summed E-state index contributed by atoms with van der Waals surface area (Å²) in [7, 11) is 0. The van der Waals surface area contributed by atoms with Crippen LogP contribution in [0.4, 0.5) is 4.39 Å². The highest BCUT2D eigenvalue weighted by Crippen LogP contribution is 2.22. The van der Waals surface area contributed by atoms with Crippen molar-refractivity contribution in [3.8, 4) is 5.69 Å². The summed E-state index contributed by atoms with van der Waals surface area (Å²) in [5, 5.41) is 13.2. The van der Waals surface area contributed by atoms with E-state index in [1.807, 2.05) is 6.92 Å². The van der Waals surface area contributed by atoms with Crippen LogP contribution in [0.3, 0.4) is 0 Å². The first-order valence-corrected chi connectivity index (χ1v) is 8.27. The molecule has 6 nitrogen and oxygen atoms in total. The van der Waals surface area contributed by atoms with Gasteiger partial charge in [-0.25, -0.2) is 9.07 Å². The van der Waals surface area contributed by atoms with E-state index in [2.05, 4.69) is 5.10 Å². The van der Waals surface area contributed by atoms with Gasteiger partial charge in [0.15, 0.2) is 5.69 Å². The number of carboxylic acid groups (broad SMARTS) is 1. The molecule has 1 fully saturated rings. The summed E-state index contributed by atoms with van der Waals surface area (Å²) in [5.41, 5.74) is 1.81.